The first-order chi connectivity index (χ1) is 16.9. The van der Waals surface area contributed by atoms with Gasteiger partial charge in [0.1, 0.15) is 17.0 Å². The molecule has 1 fully saturated rings. The lowest BCUT2D eigenvalue weighted by Crippen LogP contribution is -2.27. The van der Waals surface area contributed by atoms with Crippen molar-refractivity contribution in [1.82, 2.24) is 19.5 Å². The number of nitrogen functional groups attached to an aromatic ring is 1. The molecule has 0 bridgehead atoms. The number of aromatic nitrogens is 3. The van der Waals surface area contributed by atoms with Crippen LogP contribution in [0.25, 0.3) is 27.9 Å². The van der Waals surface area contributed by atoms with Crippen LogP contribution in [0, 0.1) is 0 Å². The number of fused-ring (bicyclic) bond motifs is 1. The largest absolute Gasteiger partial charge is 0.382 e. The van der Waals surface area contributed by atoms with Crippen molar-refractivity contribution in [2.24, 2.45) is 0 Å². The van der Waals surface area contributed by atoms with Crippen LogP contribution in [-0.4, -0.2) is 44.4 Å². The van der Waals surface area contributed by atoms with Crippen molar-refractivity contribution < 1.29 is 9.59 Å². The predicted octanol–water partition coefficient (Wildman–Crippen LogP) is 4.40. The molecule has 0 radical (unpaired) electrons. The second-order valence-corrected chi connectivity index (χ2v) is 8.72. The summed E-state index contributed by atoms with van der Waals surface area (Å²) in [5, 5.41) is 7.59. The number of benzene rings is 2. The van der Waals surface area contributed by atoms with Crippen LogP contribution in [0.15, 0.2) is 73.1 Å². The molecule has 4 aromatic rings. The average molecular weight is 467 g/mol. The minimum Gasteiger partial charge on any atom is -0.382 e. The monoisotopic (exact) mass is 466 g/mol. The van der Waals surface area contributed by atoms with Gasteiger partial charge in [-0.2, -0.15) is 5.10 Å². The second kappa shape index (κ2) is 9.06. The summed E-state index contributed by atoms with van der Waals surface area (Å²) < 4.78 is 1.72. The Bertz CT molecular complexity index is 1430. The molecule has 5 rings (SSSR count). The Labute approximate surface area is 203 Å². The number of nitrogens with zero attached hydrogens (tertiary/aromatic N) is 4. The molecule has 176 valence electrons. The number of likely N-dealkylation sites (tertiary alicyclic amines) is 1. The number of nitrogens with one attached hydrogen (secondary N) is 1. The van der Waals surface area contributed by atoms with E-state index in [-0.39, 0.29) is 11.8 Å². The van der Waals surface area contributed by atoms with E-state index in [1.54, 1.807) is 23.8 Å². The highest BCUT2D eigenvalue weighted by Crippen LogP contribution is 2.37. The summed E-state index contributed by atoms with van der Waals surface area (Å²) in [6.07, 6.45) is 5.47. The highest BCUT2D eigenvalue weighted by molar-refractivity contribution is 6.03. The van der Waals surface area contributed by atoms with Gasteiger partial charge in [0.25, 0.3) is 11.8 Å². The van der Waals surface area contributed by atoms with Gasteiger partial charge in [0.05, 0.1) is 0 Å². The van der Waals surface area contributed by atoms with Gasteiger partial charge in [-0.3, -0.25) is 9.59 Å². The van der Waals surface area contributed by atoms with E-state index in [2.05, 4.69) is 16.9 Å². The number of carbonyl (C=O) groups is 2. The van der Waals surface area contributed by atoms with Crippen molar-refractivity contribution in [2.45, 2.75) is 19.8 Å². The van der Waals surface area contributed by atoms with E-state index in [0.29, 0.717) is 28.2 Å². The molecule has 8 nitrogen and oxygen atoms in total. The molecule has 8 heteroatoms. The summed E-state index contributed by atoms with van der Waals surface area (Å²) in [5.41, 5.74) is 12.0. The molecule has 1 aliphatic heterocycles. The first-order valence-electron chi connectivity index (χ1n) is 11.5. The minimum atomic E-state index is -0.228. The lowest BCUT2D eigenvalue weighted by Gasteiger charge is -2.15. The molecular formula is C27H26N6O2. The third-order valence-electron chi connectivity index (χ3n) is 6.19. The fraction of sp³-hybridized carbons (Fsp3) is 0.185. The molecule has 2 aromatic heterocycles. The number of hydrogen-bond acceptors (Lipinski definition) is 5. The van der Waals surface area contributed by atoms with E-state index in [4.69, 9.17) is 10.8 Å². The zero-order valence-corrected chi connectivity index (χ0v) is 19.5. The Balaban J connectivity index is 1.55. The Morgan fingerprint density at radius 2 is 1.66 bits per heavy atom. The average Bonchev–Trinajstić information content (AvgIpc) is 3.53. The van der Waals surface area contributed by atoms with Crippen molar-refractivity contribution in [3.05, 3.63) is 78.6 Å². The summed E-state index contributed by atoms with van der Waals surface area (Å²) in [5.74, 6) is 0.195. The van der Waals surface area contributed by atoms with E-state index >= 15 is 0 Å². The second-order valence-electron chi connectivity index (χ2n) is 8.72. The van der Waals surface area contributed by atoms with Crippen molar-refractivity contribution in [2.75, 3.05) is 24.1 Å². The first-order valence-corrected chi connectivity index (χ1v) is 11.5. The highest BCUT2D eigenvalue weighted by Gasteiger charge is 2.22. The molecule has 1 aliphatic rings. The fourth-order valence-corrected chi connectivity index (χ4v) is 4.33. The molecule has 0 saturated carbocycles. The predicted molar refractivity (Wildman–Crippen MR) is 137 cm³/mol. The molecule has 2 amide bonds. The summed E-state index contributed by atoms with van der Waals surface area (Å²) in [6, 6.07) is 15.0. The van der Waals surface area contributed by atoms with Crippen LogP contribution in [0.1, 0.15) is 30.1 Å². The van der Waals surface area contributed by atoms with Crippen molar-refractivity contribution in [3.8, 4) is 22.4 Å². The molecule has 0 unspecified atom stereocenters. The van der Waals surface area contributed by atoms with Crippen molar-refractivity contribution in [1.29, 1.82) is 0 Å². The lowest BCUT2D eigenvalue weighted by molar-refractivity contribution is -0.112. The Morgan fingerprint density at radius 1 is 1.00 bits per heavy atom. The molecule has 2 aromatic carbocycles. The number of amides is 2. The summed E-state index contributed by atoms with van der Waals surface area (Å²) in [4.78, 5) is 30.9. The molecular weight excluding hydrogens is 440 g/mol. The topological polar surface area (TPSA) is 106 Å². The van der Waals surface area contributed by atoms with Gasteiger partial charge in [0.2, 0.25) is 0 Å². The maximum absolute atomic E-state index is 12.8. The Morgan fingerprint density at radius 3 is 2.31 bits per heavy atom. The van der Waals surface area contributed by atoms with Crippen LogP contribution in [-0.2, 0) is 4.79 Å². The van der Waals surface area contributed by atoms with Crippen molar-refractivity contribution in [3.63, 3.8) is 0 Å². The van der Waals surface area contributed by atoms with Gasteiger partial charge < -0.3 is 16.0 Å². The van der Waals surface area contributed by atoms with E-state index in [0.717, 1.165) is 48.3 Å². The number of hydrogen-bond donors (Lipinski definition) is 2. The van der Waals surface area contributed by atoms with Gasteiger partial charge in [0, 0.05) is 53.4 Å². The number of rotatable bonds is 5. The van der Waals surface area contributed by atoms with Crippen LogP contribution in [0.2, 0.25) is 0 Å². The SMILES string of the molecule is C=C(C)C(=O)Nc1ccc(-c2nn3ccnc(N)c3c2-c2ccc(C(=O)N3CCCC3)cc2)cc1. The standard InChI is InChI=1S/C27H26N6O2/c1-17(2)26(34)30-21-11-9-19(10-12-21)23-22(24-25(28)29-13-16-33(24)31-23)18-5-7-20(8-6-18)27(35)32-14-3-4-15-32/h5-13,16H,1,3-4,14-15H2,2H3,(H2,28,29)(H,30,34). The van der Waals surface area contributed by atoms with Crippen LogP contribution < -0.4 is 11.1 Å². The van der Waals surface area contributed by atoms with Gasteiger partial charge in [0.15, 0.2) is 0 Å². The van der Waals surface area contributed by atoms with Crippen LogP contribution in [0.5, 0.6) is 0 Å². The third-order valence-corrected chi connectivity index (χ3v) is 6.19. The minimum absolute atomic E-state index is 0.0581. The molecule has 0 spiro atoms. The quantitative estimate of drug-likeness (QED) is 0.424. The van der Waals surface area contributed by atoms with Gasteiger partial charge in [-0.1, -0.05) is 30.8 Å². The van der Waals surface area contributed by atoms with Gasteiger partial charge in [-0.05, 0) is 49.6 Å². The Hall–Kier alpha value is -4.46. The smallest absolute Gasteiger partial charge is 0.253 e. The number of carbonyl (C=O) groups excluding carboxylic acids is 2. The lowest BCUT2D eigenvalue weighted by atomic mass is 9.98. The van der Waals surface area contributed by atoms with E-state index in [1.165, 1.54) is 0 Å². The van der Waals surface area contributed by atoms with Crippen molar-refractivity contribution >= 4 is 28.8 Å². The maximum Gasteiger partial charge on any atom is 0.253 e. The van der Waals surface area contributed by atoms with E-state index in [1.807, 2.05) is 53.4 Å². The number of nitrogens with two attached hydrogens (primary N) is 1. The molecule has 3 N–H and O–H groups in total. The highest BCUT2D eigenvalue weighted by atomic mass is 16.2. The van der Waals surface area contributed by atoms with E-state index < -0.39 is 0 Å². The van der Waals surface area contributed by atoms with Crippen LogP contribution in [0.4, 0.5) is 11.5 Å². The summed E-state index contributed by atoms with van der Waals surface area (Å²) >= 11 is 0. The molecule has 0 aliphatic carbocycles. The molecule has 3 heterocycles. The van der Waals surface area contributed by atoms with Gasteiger partial charge in [-0.15, -0.1) is 0 Å². The molecule has 35 heavy (non-hydrogen) atoms. The van der Waals surface area contributed by atoms with Crippen LogP contribution >= 0.6 is 0 Å². The number of anilines is 2. The fourth-order valence-electron chi connectivity index (χ4n) is 4.33. The van der Waals surface area contributed by atoms with Gasteiger partial charge >= 0.3 is 0 Å². The normalized spacial score (nSPS) is 13.2. The molecule has 0 atom stereocenters. The van der Waals surface area contributed by atoms with E-state index in [9.17, 15) is 9.59 Å². The Kier molecular flexibility index (Phi) is 5.78. The first kappa shape index (κ1) is 22.3. The zero-order valence-electron chi connectivity index (χ0n) is 19.5. The summed E-state index contributed by atoms with van der Waals surface area (Å²) in [6.45, 7) is 6.95. The van der Waals surface area contributed by atoms with Gasteiger partial charge in [-0.25, -0.2) is 9.50 Å². The summed E-state index contributed by atoms with van der Waals surface area (Å²) in [7, 11) is 0. The zero-order chi connectivity index (χ0) is 24.5. The van der Waals surface area contributed by atoms with Crippen LogP contribution in [0.3, 0.4) is 0 Å². The maximum atomic E-state index is 12.8. The molecule has 1 saturated heterocycles. The third kappa shape index (κ3) is 4.26.